The third-order valence-corrected chi connectivity index (χ3v) is 2.16. The van der Waals surface area contributed by atoms with Gasteiger partial charge < -0.3 is 9.64 Å². The summed E-state index contributed by atoms with van der Waals surface area (Å²) in [5, 5.41) is 7.71. The number of rotatable bonds is 1. The number of anilines is 1. The Morgan fingerprint density at radius 3 is 2.71 bits per heavy atom. The van der Waals surface area contributed by atoms with Crippen LogP contribution in [0, 0.1) is 6.92 Å². The first-order valence-electron chi connectivity index (χ1n) is 4.53. The van der Waals surface area contributed by atoms with Crippen LogP contribution >= 0.6 is 0 Å². The largest absolute Gasteiger partial charge is 0.378 e. The molecule has 2 rings (SSSR count). The molecule has 0 unspecified atom stereocenters. The van der Waals surface area contributed by atoms with Crippen LogP contribution < -0.4 is 10.5 Å². The second-order valence-electron chi connectivity index (χ2n) is 3.16. The van der Waals surface area contributed by atoms with Crippen molar-refractivity contribution in [3.63, 3.8) is 0 Å². The summed E-state index contributed by atoms with van der Waals surface area (Å²) in [6, 6.07) is 0. The van der Waals surface area contributed by atoms with Crippen LogP contribution in [0.1, 0.15) is 5.69 Å². The zero-order chi connectivity index (χ0) is 9.97. The third-order valence-electron chi connectivity index (χ3n) is 2.16. The average molecular weight is 196 g/mol. The fraction of sp³-hybridized carbons (Fsp3) is 0.625. The van der Waals surface area contributed by atoms with Gasteiger partial charge in [0, 0.05) is 13.1 Å². The Morgan fingerprint density at radius 1 is 1.36 bits per heavy atom. The molecule has 1 aromatic heterocycles. The van der Waals surface area contributed by atoms with Gasteiger partial charge in [0.15, 0.2) is 0 Å². The Hall–Kier alpha value is -1.43. The first-order chi connectivity index (χ1) is 6.77. The Morgan fingerprint density at radius 2 is 2.07 bits per heavy atom. The van der Waals surface area contributed by atoms with E-state index in [9.17, 15) is 4.79 Å². The lowest BCUT2D eigenvalue weighted by atomic mass is 10.4. The second-order valence-corrected chi connectivity index (χ2v) is 3.16. The SMILES string of the molecule is Cc1nnc(N2CCOCC2)[nH]c1=O. The number of hydrogen-bond donors (Lipinski definition) is 1. The van der Waals surface area contributed by atoms with Crippen molar-refractivity contribution in [1.82, 2.24) is 15.2 Å². The van der Waals surface area contributed by atoms with Crippen molar-refractivity contribution in [3.05, 3.63) is 16.0 Å². The summed E-state index contributed by atoms with van der Waals surface area (Å²) in [5.41, 5.74) is 0.212. The zero-order valence-corrected chi connectivity index (χ0v) is 7.99. The molecule has 0 aromatic carbocycles. The van der Waals surface area contributed by atoms with Crippen molar-refractivity contribution in [1.29, 1.82) is 0 Å². The molecular weight excluding hydrogens is 184 g/mol. The van der Waals surface area contributed by atoms with Gasteiger partial charge in [0.05, 0.1) is 13.2 Å². The molecule has 0 saturated carbocycles. The number of aromatic nitrogens is 3. The molecule has 0 radical (unpaired) electrons. The summed E-state index contributed by atoms with van der Waals surface area (Å²) in [5.74, 6) is 0.531. The molecule has 1 saturated heterocycles. The van der Waals surface area contributed by atoms with E-state index in [-0.39, 0.29) is 5.56 Å². The number of H-pyrrole nitrogens is 1. The van der Waals surface area contributed by atoms with E-state index in [0.29, 0.717) is 24.9 Å². The maximum atomic E-state index is 11.3. The van der Waals surface area contributed by atoms with Crippen LogP contribution in [0.2, 0.25) is 0 Å². The van der Waals surface area contributed by atoms with Crippen LogP contribution in [0.25, 0.3) is 0 Å². The van der Waals surface area contributed by atoms with Crippen LogP contribution in [0.4, 0.5) is 5.95 Å². The number of nitrogens with zero attached hydrogens (tertiary/aromatic N) is 3. The molecule has 6 nitrogen and oxygen atoms in total. The van der Waals surface area contributed by atoms with Crippen molar-refractivity contribution >= 4 is 5.95 Å². The standard InChI is InChI=1S/C8H12N4O2/c1-6-7(13)9-8(11-10-6)12-2-4-14-5-3-12/h2-5H2,1H3,(H,9,11,13). The number of aromatic amines is 1. The van der Waals surface area contributed by atoms with Crippen molar-refractivity contribution < 1.29 is 4.74 Å². The average Bonchev–Trinajstić information content (AvgIpc) is 2.23. The molecule has 0 atom stereocenters. The second kappa shape index (κ2) is 3.75. The fourth-order valence-electron chi connectivity index (χ4n) is 1.30. The third kappa shape index (κ3) is 1.74. The predicted molar refractivity (Wildman–Crippen MR) is 50.4 cm³/mol. The quantitative estimate of drug-likeness (QED) is 0.643. The monoisotopic (exact) mass is 196 g/mol. The van der Waals surface area contributed by atoms with Crippen molar-refractivity contribution in [3.8, 4) is 0 Å². The van der Waals surface area contributed by atoms with Crippen molar-refractivity contribution in [2.45, 2.75) is 6.92 Å². The predicted octanol–water partition coefficient (Wildman–Crippen LogP) is -0.690. The first kappa shape index (κ1) is 9.14. The minimum Gasteiger partial charge on any atom is -0.378 e. The van der Waals surface area contributed by atoms with Gasteiger partial charge in [0.25, 0.3) is 5.56 Å². The maximum absolute atomic E-state index is 11.3. The highest BCUT2D eigenvalue weighted by molar-refractivity contribution is 5.27. The molecule has 76 valence electrons. The number of morpholine rings is 1. The van der Waals surface area contributed by atoms with E-state index in [1.807, 2.05) is 4.90 Å². The van der Waals surface area contributed by atoms with Crippen LogP contribution in [0.5, 0.6) is 0 Å². The highest BCUT2D eigenvalue weighted by Gasteiger charge is 2.13. The summed E-state index contributed by atoms with van der Waals surface area (Å²) >= 11 is 0. The zero-order valence-electron chi connectivity index (χ0n) is 7.99. The highest BCUT2D eigenvalue weighted by atomic mass is 16.5. The van der Waals surface area contributed by atoms with E-state index >= 15 is 0 Å². The summed E-state index contributed by atoms with van der Waals surface area (Å²) in [6.07, 6.45) is 0. The molecule has 0 bridgehead atoms. The molecule has 1 aliphatic heterocycles. The summed E-state index contributed by atoms with van der Waals surface area (Å²) in [6.45, 7) is 4.45. The molecule has 0 aliphatic carbocycles. The van der Waals surface area contributed by atoms with E-state index in [1.54, 1.807) is 6.92 Å². The normalized spacial score (nSPS) is 17.1. The van der Waals surface area contributed by atoms with Gasteiger partial charge in [0.1, 0.15) is 5.69 Å². The van der Waals surface area contributed by atoms with Crippen LogP contribution in [0.3, 0.4) is 0 Å². The molecule has 2 heterocycles. The van der Waals surface area contributed by atoms with Crippen LogP contribution in [-0.4, -0.2) is 41.5 Å². The first-order valence-corrected chi connectivity index (χ1v) is 4.53. The van der Waals surface area contributed by atoms with Gasteiger partial charge in [-0.3, -0.25) is 9.78 Å². The molecule has 1 N–H and O–H groups in total. The molecule has 0 amide bonds. The Bertz CT molecular complexity index is 370. The van der Waals surface area contributed by atoms with Gasteiger partial charge in [-0.2, -0.15) is 0 Å². The maximum Gasteiger partial charge on any atom is 0.273 e. The molecule has 14 heavy (non-hydrogen) atoms. The van der Waals surface area contributed by atoms with Gasteiger partial charge in [-0.15, -0.1) is 10.2 Å². The molecule has 1 fully saturated rings. The van der Waals surface area contributed by atoms with E-state index in [2.05, 4.69) is 15.2 Å². The van der Waals surface area contributed by atoms with Crippen LogP contribution in [0.15, 0.2) is 4.79 Å². The molecular formula is C8H12N4O2. The van der Waals surface area contributed by atoms with E-state index in [4.69, 9.17) is 4.74 Å². The van der Waals surface area contributed by atoms with Crippen LogP contribution in [-0.2, 0) is 4.74 Å². The van der Waals surface area contributed by atoms with Crippen molar-refractivity contribution in [2.75, 3.05) is 31.2 Å². The van der Waals surface area contributed by atoms with Gasteiger partial charge in [-0.05, 0) is 6.92 Å². The highest BCUT2D eigenvalue weighted by Crippen LogP contribution is 2.05. The molecule has 6 heteroatoms. The molecule has 0 spiro atoms. The minimum absolute atomic E-state index is 0.179. The van der Waals surface area contributed by atoms with Gasteiger partial charge in [0.2, 0.25) is 5.95 Å². The summed E-state index contributed by atoms with van der Waals surface area (Å²) in [4.78, 5) is 15.9. The number of nitrogens with one attached hydrogen (secondary N) is 1. The lowest BCUT2D eigenvalue weighted by molar-refractivity contribution is 0.122. The Labute approximate surface area is 80.9 Å². The van der Waals surface area contributed by atoms with E-state index in [0.717, 1.165) is 13.1 Å². The summed E-state index contributed by atoms with van der Waals surface area (Å²) < 4.78 is 5.19. The number of ether oxygens (including phenoxy) is 1. The number of hydrogen-bond acceptors (Lipinski definition) is 5. The Balaban J connectivity index is 2.23. The fourth-order valence-corrected chi connectivity index (χ4v) is 1.30. The lowest BCUT2D eigenvalue weighted by Crippen LogP contribution is -2.38. The van der Waals surface area contributed by atoms with Gasteiger partial charge >= 0.3 is 0 Å². The topological polar surface area (TPSA) is 71.1 Å². The minimum atomic E-state index is -0.179. The smallest absolute Gasteiger partial charge is 0.273 e. The lowest BCUT2D eigenvalue weighted by Gasteiger charge is -2.26. The molecule has 1 aromatic rings. The number of aryl methyl sites for hydroxylation is 1. The molecule has 1 aliphatic rings. The van der Waals surface area contributed by atoms with Crippen molar-refractivity contribution in [2.24, 2.45) is 0 Å². The summed E-state index contributed by atoms with van der Waals surface area (Å²) in [7, 11) is 0. The van der Waals surface area contributed by atoms with E-state index < -0.39 is 0 Å². The van der Waals surface area contributed by atoms with Gasteiger partial charge in [-0.1, -0.05) is 0 Å². The van der Waals surface area contributed by atoms with E-state index in [1.165, 1.54) is 0 Å². The van der Waals surface area contributed by atoms with Gasteiger partial charge in [-0.25, -0.2) is 0 Å². The Kier molecular flexibility index (Phi) is 2.45.